The molecule has 10 heavy (non-hydrogen) atoms. The first-order valence-corrected chi connectivity index (χ1v) is 7.64. The molecule has 0 bridgehead atoms. The van der Waals surface area contributed by atoms with Gasteiger partial charge >= 0.3 is 66.0 Å². The van der Waals surface area contributed by atoms with Gasteiger partial charge in [0.15, 0.2) is 0 Å². The second kappa shape index (κ2) is 3.72. The van der Waals surface area contributed by atoms with E-state index in [1.807, 2.05) is 0 Å². The molecule has 0 aliphatic heterocycles. The van der Waals surface area contributed by atoms with E-state index in [1.54, 1.807) is 0 Å². The summed E-state index contributed by atoms with van der Waals surface area (Å²) in [6.07, 6.45) is 1.48. The van der Waals surface area contributed by atoms with Gasteiger partial charge in [0.05, 0.1) is 0 Å². The molecule has 0 N–H and O–H groups in total. The average molecular weight is 162 g/mol. The third-order valence-electron chi connectivity index (χ3n) is 2.50. The van der Waals surface area contributed by atoms with Gasteiger partial charge in [-0.3, -0.25) is 0 Å². The second-order valence-corrected chi connectivity index (χ2v) is 10.3. The number of rotatable bonds is 3. The molecule has 0 fully saturated rings. The molecule has 0 rings (SSSR count). The molecule has 64 valence electrons. The Kier molecular flexibility index (Phi) is 3.88. The van der Waals surface area contributed by atoms with Gasteiger partial charge in [0.1, 0.15) is 0 Å². The van der Waals surface area contributed by atoms with Gasteiger partial charge in [0.25, 0.3) is 0 Å². The first kappa shape index (κ1) is 10.4. The topological polar surface area (TPSA) is 0 Å². The van der Waals surface area contributed by atoms with Gasteiger partial charge in [0, 0.05) is 0 Å². The molecule has 0 saturated carbocycles. The van der Waals surface area contributed by atoms with Crippen LogP contribution in [0.3, 0.4) is 0 Å². The molecule has 0 saturated heterocycles. The molecule has 0 amide bonds. The van der Waals surface area contributed by atoms with Gasteiger partial charge in [-0.05, 0) is 0 Å². The zero-order valence-corrected chi connectivity index (χ0v) is 9.36. The van der Waals surface area contributed by atoms with Crippen molar-refractivity contribution in [2.45, 2.75) is 33.4 Å². The molecule has 0 aromatic heterocycles. The molecule has 0 aliphatic rings. The second-order valence-electron chi connectivity index (χ2n) is 4.74. The Morgan fingerprint density at radius 3 is 1.50 bits per heavy atom. The summed E-state index contributed by atoms with van der Waals surface area (Å²) in [5, 5.41) is 0. The van der Waals surface area contributed by atoms with Crippen molar-refractivity contribution in [1.29, 1.82) is 0 Å². The Labute approximate surface area is 66.7 Å². The van der Waals surface area contributed by atoms with Gasteiger partial charge in [-0.1, -0.05) is 0 Å². The van der Waals surface area contributed by atoms with Gasteiger partial charge in [-0.2, -0.15) is 0 Å². The van der Waals surface area contributed by atoms with E-state index in [9.17, 15) is 0 Å². The van der Waals surface area contributed by atoms with Crippen LogP contribution in [-0.4, -0.2) is 25.2 Å². The number of hydrogen-bond donors (Lipinski definition) is 0. The molecule has 0 aromatic rings. The Bertz CT molecular complexity index is 92.9. The van der Waals surface area contributed by atoms with Crippen molar-refractivity contribution >= 4 is 7.26 Å². The van der Waals surface area contributed by atoms with Crippen LogP contribution in [0, 0.1) is 5.92 Å². The zero-order chi connectivity index (χ0) is 8.36. The van der Waals surface area contributed by atoms with E-state index < -0.39 is 7.26 Å². The molecule has 0 atom stereocenters. The maximum absolute atomic E-state index is 2.50. The van der Waals surface area contributed by atoms with E-state index in [-0.39, 0.29) is 0 Å². The molecular formula is C9H23P. The van der Waals surface area contributed by atoms with Crippen LogP contribution in [0.2, 0.25) is 0 Å². The molecule has 0 unspecified atom stereocenters. The summed E-state index contributed by atoms with van der Waals surface area (Å²) in [5.74, 6) is 0.893. The van der Waals surface area contributed by atoms with E-state index in [1.165, 1.54) is 6.16 Å². The fourth-order valence-corrected chi connectivity index (χ4v) is 3.86. The molecule has 0 aromatic carbocycles. The van der Waals surface area contributed by atoms with Gasteiger partial charge in [-0.15, -0.1) is 0 Å². The number of hydrogen-bond acceptors (Lipinski definition) is 0. The molecule has 0 radical (unpaired) electrons. The Hall–Kier alpha value is 0.430. The Morgan fingerprint density at radius 1 is 1.00 bits per heavy atom. The summed E-state index contributed by atoms with van der Waals surface area (Å²) in [6.45, 7) is 14.4. The van der Waals surface area contributed by atoms with Crippen molar-refractivity contribution in [1.82, 2.24) is 0 Å². The van der Waals surface area contributed by atoms with Crippen LogP contribution in [0.15, 0.2) is 0 Å². The van der Waals surface area contributed by atoms with E-state index in [4.69, 9.17) is 0 Å². The molecular weight excluding hydrogens is 139 g/mol. The summed E-state index contributed by atoms with van der Waals surface area (Å²) in [7, 11) is -0.844. The standard InChI is InChI=1S/C9H23P/c1-8(2)7-10(5,6)9(3)4/h8-10H,7H2,1-6H3. The van der Waals surface area contributed by atoms with Crippen molar-refractivity contribution in [3.05, 3.63) is 0 Å². The first-order chi connectivity index (χ1) is 4.36. The minimum absolute atomic E-state index is 0.844. The molecule has 0 heterocycles. The van der Waals surface area contributed by atoms with E-state index in [0.717, 1.165) is 11.6 Å². The third kappa shape index (κ3) is 3.56. The fourth-order valence-electron chi connectivity index (χ4n) is 1.29. The van der Waals surface area contributed by atoms with Crippen molar-refractivity contribution in [3.63, 3.8) is 0 Å². The average Bonchev–Trinajstić information content (AvgIpc) is 1.60. The predicted molar refractivity (Wildman–Crippen MR) is 55.0 cm³/mol. The molecule has 0 spiro atoms. The Morgan fingerprint density at radius 2 is 1.40 bits per heavy atom. The zero-order valence-electron chi connectivity index (χ0n) is 8.36. The van der Waals surface area contributed by atoms with Crippen LogP contribution in [0.4, 0.5) is 0 Å². The normalized spacial score (nSPS) is 14.8. The Balaban J connectivity index is 3.87. The van der Waals surface area contributed by atoms with Crippen LogP contribution in [0.25, 0.3) is 0 Å². The maximum atomic E-state index is 2.50. The summed E-state index contributed by atoms with van der Waals surface area (Å²) in [6, 6.07) is 0. The quantitative estimate of drug-likeness (QED) is 0.559. The van der Waals surface area contributed by atoms with Crippen molar-refractivity contribution < 1.29 is 0 Å². The monoisotopic (exact) mass is 162 g/mol. The molecule has 0 nitrogen and oxygen atoms in total. The summed E-state index contributed by atoms with van der Waals surface area (Å²) < 4.78 is 0. The van der Waals surface area contributed by atoms with Crippen molar-refractivity contribution in [3.8, 4) is 0 Å². The van der Waals surface area contributed by atoms with E-state index in [2.05, 4.69) is 41.0 Å². The summed E-state index contributed by atoms with van der Waals surface area (Å²) in [5.41, 5.74) is 0.940. The van der Waals surface area contributed by atoms with Gasteiger partial charge in [0.2, 0.25) is 0 Å². The predicted octanol–water partition coefficient (Wildman–Crippen LogP) is 3.06. The molecule has 1 heteroatoms. The van der Waals surface area contributed by atoms with Crippen LogP contribution in [-0.2, 0) is 0 Å². The van der Waals surface area contributed by atoms with E-state index in [0.29, 0.717) is 0 Å². The van der Waals surface area contributed by atoms with Crippen molar-refractivity contribution in [2.24, 2.45) is 5.92 Å². The summed E-state index contributed by atoms with van der Waals surface area (Å²) >= 11 is 0. The van der Waals surface area contributed by atoms with Gasteiger partial charge < -0.3 is 0 Å². The first-order valence-electron chi connectivity index (χ1n) is 4.36. The SMILES string of the molecule is CC(C)C[PH](C)(C)C(C)C. The van der Waals surface area contributed by atoms with Crippen molar-refractivity contribution in [2.75, 3.05) is 19.5 Å². The minimum atomic E-state index is -0.844. The molecule has 0 aliphatic carbocycles. The van der Waals surface area contributed by atoms with Crippen LogP contribution in [0.1, 0.15) is 27.7 Å². The third-order valence-corrected chi connectivity index (χ3v) is 7.49. The van der Waals surface area contributed by atoms with Crippen LogP contribution < -0.4 is 0 Å². The van der Waals surface area contributed by atoms with Crippen LogP contribution >= 0.6 is 7.26 Å². The van der Waals surface area contributed by atoms with Crippen LogP contribution in [0.5, 0.6) is 0 Å². The van der Waals surface area contributed by atoms with Gasteiger partial charge in [-0.25, -0.2) is 0 Å². The van der Waals surface area contributed by atoms with E-state index >= 15 is 0 Å². The summed E-state index contributed by atoms with van der Waals surface area (Å²) in [4.78, 5) is 0. The fraction of sp³-hybridized carbons (Fsp3) is 1.00.